The van der Waals surface area contributed by atoms with Crippen molar-refractivity contribution in [2.45, 2.75) is 0 Å². The first kappa shape index (κ1) is 19.3. The molecule has 0 saturated carbocycles. The molecule has 0 radical (unpaired) electrons. The number of anilines is 1. The molecule has 0 amide bonds. The van der Waals surface area contributed by atoms with Crippen molar-refractivity contribution in [3.63, 3.8) is 0 Å². The highest BCUT2D eigenvalue weighted by molar-refractivity contribution is 5.41. The average molecular weight is 323 g/mol. The molecule has 0 bridgehead atoms. The number of ether oxygens (including phenoxy) is 5. The van der Waals surface area contributed by atoms with E-state index in [0.29, 0.717) is 59.5 Å². The fraction of sp³-hybridized carbons (Fsp3) is 0.529. The van der Waals surface area contributed by atoms with E-state index in [1.165, 1.54) is 0 Å². The number of nitrogen functional groups attached to an aromatic ring is 1. The van der Waals surface area contributed by atoms with E-state index in [4.69, 9.17) is 35.8 Å². The Hall–Kier alpha value is -1.78. The second kappa shape index (κ2) is 13.9. The van der Waals surface area contributed by atoms with Crippen molar-refractivity contribution >= 4 is 5.69 Å². The van der Waals surface area contributed by atoms with E-state index in [1.54, 1.807) is 12.1 Å². The minimum atomic E-state index is 0.319. The van der Waals surface area contributed by atoms with Gasteiger partial charge in [0, 0.05) is 5.69 Å². The Labute approximate surface area is 137 Å². The van der Waals surface area contributed by atoms with Crippen LogP contribution in [0.15, 0.2) is 24.3 Å². The van der Waals surface area contributed by atoms with Gasteiger partial charge in [0.25, 0.3) is 0 Å². The molecule has 0 fully saturated rings. The Balaban J connectivity index is 1.78. The number of hydrogen-bond acceptors (Lipinski definition) is 6. The van der Waals surface area contributed by atoms with E-state index >= 15 is 0 Å². The summed E-state index contributed by atoms with van der Waals surface area (Å²) in [5.74, 6) is 3.17. The minimum absolute atomic E-state index is 0.319. The Bertz CT molecular complexity index is 430. The van der Waals surface area contributed by atoms with E-state index in [1.807, 2.05) is 12.1 Å². The molecule has 1 rings (SSSR count). The quantitative estimate of drug-likeness (QED) is 0.316. The number of rotatable bonds is 14. The third-order valence-corrected chi connectivity index (χ3v) is 2.68. The van der Waals surface area contributed by atoms with Gasteiger partial charge in [0.2, 0.25) is 0 Å². The molecule has 0 unspecified atom stereocenters. The third-order valence-electron chi connectivity index (χ3n) is 2.68. The summed E-state index contributed by atoms with van der Waals surface area (Å²) in [6.07, 6.45) is 5.04. The van der Waals surface area contributed by atoms with Gasteiger partial charge in [0.1, 0.15) is 19.0 Å². The van der Waals surface area contributed by atoms with Gasteiger partial charge >= 0.3 is 0 Å². The molecule has 0 aliphatic carbocycles. The summed E-state index contributed by atoms with van der Waals surface area (Å²) >= 11 is 0. The van der Waals surface area contributed by atoms with Gasteiger partial charge in [0.15, 0.2) is 0 Å². The zero-order chi connectivity index (χ0) is 16.6. The van der Waals surface area contributed by atoms with Gasteiger partial charge in [0.05, 0.1) is 46.2 Å². The van der Waals surface area contributed by atoms with Crippen molar-refractivity contribution in [3.05, 3.63) is 24.3 Å². The maximum Gasteiger partial charge on any atom is 0.119 e. The zero-order valence-corrected chi connectivity index (χ0v) is 13.4. The van der Waals surface area contributed by atoms with Gasteiger partial charge < -0.3 is 29.4 Å². The lowest BCUT2D eigenvalue weighted by atomic mass is 10.3. The molecule has 0 spiro atoms. The molecule has 6 nitrogen and oxygen atoms in total. The van der Waals surface area contributed by atoms with Gasteiger partial charge in [-0.1, -0.05) is 5.92 Å². The Kier molecular flexibility index (Phi) is 11.6. The molecular weight excluding hydrogens is 298 g/mol. The van der Waals surface area contributed by atoms with Crippen molar-refractivity contribution in [2.75, 3.05) is 65.2 Å². The lowest BCUT2D eigenvalue weighted by Gasteiger charge is -2.08. The van der Waals surface area contributed by atoms with Crippen LogP contribution in [0.1, 0.15) is 0 Å². The number of benzene rings is 1. The molecule has 128 valence electrons. The molecule has 0 atom stereocenters. The largest absolute Gasteiger partial charge is 0.491 e. The molecule has 0 aliphatic heterocycles. The summed E-state index contributed by atoms with van der Waals surface area (Å²) in [5, 5.41) is 0. The van der Waals surface area contributed by atoms with Crippen LogP contribution in [0, 0.1) is 12.3 Å². The topological polar surface area (TPSA) is 72.2 Å². The van der Waals surface area contributed by atoms with Crippen molar-refractivity contribution < 1.29 is 23.7 Å². The predicted octanol–water partition coefficient (Wildman–Crippen LogP) is 1.35. The second-order valence-corrected chi connectivity index (χ2v) is 4.51. The summed E-state index contributed by atoms with van der Waals surface area (Å²) < 4.78 is 26.6. The molecule has 1 aromatic carbocycles. The van der Waals surface area contributed by atoms with Crippen LogP contribution < -0.4 is 10.5 Å². The van der Waals surface area contributed by atoms with Gasteiger partial charge in [-0.25, -0.2) is 0 Å². The van der Waals surface area contributed by atoms with E-state index in [9.17, 15) is 0 Å². The first-order chi connectivity index (χ1) is 11.3. The third kappa shape index (κ3) is 11.4. The molecule has 0 aliphatic rings. The minimum Gasteiger partial charge on any atom is -0.491 e. The monoisotopic (exact) mass is 323 g/mol. The number of nitrogens with two attached hydrogens (primary N) is 1. The van der Waals surface area contributed by atoms with E-state index in [0.717, 1.165) is 11.4 Å². The smallest absolute Gasteiger partial charge is 0.119 e. The highest BCUT2D eigenvalue weighted by atomic mass is 16.6. The SMILES string of the molecule is C#CCOCCOCCOCCOCCOc1ccc(N)cc1. The highest BCUT2D eigenvalue weighted by Crippen LogP contribution is 2.12. The Morgan fingerprint density at radius 3 is 1.74 bits per heavy atom. The van der Waals surface area contributed by atoms with Crippen LogP contribution in [0.2, 0.25) is 0 Å². The molecule has 2 N–H and O–H groups in total. The van der Waals surface area contributed by atoms with Crippen LogP contribution >= 0.6 is 0 Å². The first-order valence-corrected chi connectivity index (χ1v) is 7.55. The average Bonchev–Trinajstić information content (AvgIpc) is 2.57. The molecule has 1 aromatic rings. The first-order valence-electron chi connectivity index (χ1n) is 7.55. The van der Waals surface area contributed by atoms with Crippen molar-refractivity contribution in [3.8, 4) is 18.1 Å². The zero-order valence-electron chi connectivity index (χ0n) is 13.4. The fourth-order valence-corrected chi connectivity index (χ4v) is 1.57. The van der Waals surface area contributed by atoms with E-state index in [2.05, 4.69) is 5.92 Å². The summed E-state index contributed by atoms with van der Waals surface area (Å²) in [7, 11) is 0. The summed E-state index contributed by atoms with van der Waals surface area (Å²) in [6, 6.07) is 7.26. The van der Waals surface area contributed by atoms with Crippen LogP contribution in [0.25, 0.3) is 0 Å². The van der Waals surface area contributed by atoms with Gasteiger partial charge in [-0.3, -0.25) is 0 Å². The lowest BCUT2D eigenvalue weighted by Crippen LogP contribution is -2.13. The van der Waals surface area contributed by atoms with Gasteiger partial charge in [-0.2, -0.15) is 0 Å². The van der Waals surface area contributed by atoms with Crippen LogP contribution in [-0.4, -0.2) is 59.5 Å². The summed E-state index contributed by atoms with van der Waals surface area (Å²) in [5.41, 5.74) is 6.31. The molecule has 6 heteroatoms. The van der Waals surface area contributed by atoms with E-state index < -0.39 is 0 Å². The van der Waals surface area contributed by atoms with Crippen LogP contribution in [0.5, 0.6) is 5.75 Å². The molecule has 0 aromatic heterocycles. The highest BCUT2D eigenvalue weighted by Gasteiger charge is 1.95. The molecule has 23 heavy (non-hydrogen) atoms. The lowest BCUT2D eigenvalue weighted by molar-refractivity contribution is -0.00187. The summed E-state index contributed by atoms with van der Waals surface area (Å²) in [6.45, 7) is 4.45. The van der Waals surface area contributed by atoms with E-state index in [-0.39, 0.29) is 0 Å². The van der Waals surface area contributed by atoms with Gasteiger partial charge in [-0.05, 0) is 24.3 Å². The molecule has 0 heterocycles. The Morgan fingerprint density at radius 1 is 0.739 bits per heavy atom. The van der Waals surface area contributed by atoms with Gasteiger partial charge in [-0.15, -0.1) is 6.42 Å². The van der Waals surface area contributed by atoms with Crippen LogP contribution in [0.3, 0.4) is 0 Å². The van der Waals surface area contributed by atoms with Crippen molar-refractivity contribution in [2.24, 2.45) is 0 Å². The second-order valence-electron chi connectivity index (χ2n) is 4.51. The normalized spacial score (nSPS) is 10.4. The maximum atomic E-state index is 5.59. The van der Waals surface area contributed by atoms with Crippen molar-refractivity contribution in [1.82, 2.24) is 0 Å². The molecular formula is C17H25NO5. The van der Waals surface area contributed by atoms with Crippen LogP contribution in [-0.2, 0) is 18.9 Å². The van der Waals surface area contributed by atoms with Crippen LogP contribution in [0.4, 0.5) is 5.69 Å². The standard InChI is InChI=1S/C17H25NO5/c1-2-7-19-8-9-20-10-11-21-12-13-22-14-15-23-17-5-3-16(18)4-6-17/h1,3-6H,7-15,18H2. The molecule has 0 saturated heterocycles. The maximum absolute atomic E-state index is 5.59. The number of terminal acetylenes is 1. The summed E-state index contributed by atoms with van der Waals surface area (Å²) in [4.78, 5) is 0. The van der Waals surface area contributed by atoms with Crippen molar-refractivity contribution in [1.29, 1.82) is 0 Å². The fourth-order valence-electron chi connectivity index (χ4n) is 1.57. The Morgan fingerprint density at radius 2 is 1.22 bits per heavy atom. The number of hydrogen-bond donors (Lipinski definition) is 1. The predicted molar refractivity (Wildman–Crippen MR) is 88.5 cm³/mol.